The molecule has 0 saturated heterocycles. The Balaban J connectivity index is 3.19. The average molecular weight is 146 g/mol. The fraction of sp³-hybridized carbons (Fsp3) is 0.222. The van der Waals surface area contributed by atoms with Gasteiger partial charge in [-0.3, -0.25) is 0 Å². The fourth-order valence-corrected chi connectivity index (χ4v) is 0.875. The van der Waals surface area contributed by atoms with Gasteiger partial charge in [-0.1, -0.05) is 6.07 Å². The van der Waals surface area contributed by atoms with Crippen LogP contribution in [0.2, 0.25) is 0 Å². The maximum Gasteiger partial charge on any atom is 0.117 e. The summed E-state index contributed by atoms with van der Waals surface area (Å²) in [5.74, 6) is 2.50. The summed E-state index contributed by atoms with van der Waals surface area (Å²) in [5, 5.41) is 0. The molecule has 56 valence electrons. The largest absolute Gasteiger partial charge is 0.326 e. The zero-order chi connectivity index (χ0) is 8.27. The topological polar surface area (TPSA) is 38.9 Å². The first-order valence-electron chi connectivity index (χ1n) is 3.41. The van der Waals surface area contributed by atoms with Crippen molar-refractivity contribution in [3.8, 4) is 12.3 Å². The van der Waals surface area contributed by atoms with Gasteiger partial charge in [0, 0.05) is 17.8 Å². The maximum atomic E-state index is 5.44. The number of aryl methyl sites for hydroxylation is 1. The molecule has 0 aromatic carbocycles. The number of pyridine rings is 1. The molecule has 1 aromatic heterocycles. The minimum absolute atomic E-state index is 0.451. The molecule has 0 spiro atoms. The van der Waals surface area contributed by atoms with Crippen LogP contribution in [0, 0.1) is 19.3 Å². The van der Waals surface area contributed by atoms with Gasteiger partial charge in [0.05, 0.1) is 0 Å². The zero-order valence-corrected chi connectivity index (χ0v) is 6.46. The number of nitrogens with zero attached hydrogens (tertiary/aromatic N) is 1. The first-order valence-corrected chi connectivity index (χ1v) is 3.41. The van der Waals surface area contributed by atoms with Gasteiger partial charge in [-0.05, 0) is 18.9 Å². The predicted molar refractivity (Wildman–Crippen MR) is 44.8 cm³/mol. The lowest BCUT2D eigenvalue weighted by Gasteiger charge is -2.00. The van der Waals surface area contributed by atoms with Crippen molar-refractivity contribution in [1.82, 2.24) is 4.98 Å². The number of nitrogens with two attached hydrogens (primary N) is 1. The van der Waals surface area contributed by atoms with E-state index in [4.69, 9.17) is 12.2 Å². The molecule has 0 radical (unpaired) electrons. The number of hydrogen-bond donors (Lipinski definition) is 1. The Kier molecular flexibility index (Phi) is 2.25. The van der Waals surface area contributed by atoms with Crippen molar-refractivity contribution < 1.29 is 0 Å². The Morgan fingerprint density at radius 3 is 2.91 bits per heavy atom. The molecular formula is C9H10N2. The highest BCUT2D eigenvalue weighted by Crippen LogP contribution is 2.04. The van der Waals surface area contributed by atoms with E-state index in [-0.39, 0.29) is 0 Å². The van der Waals surface area contributed by atoms with Gasteiger partial charge in [0.25, 0.3) is 0 Å². The predicted octanol–water partition coefficient (Wildman–Crippen LogP) is 0.830. The van der Waals surface area contributed by atoms with Crippen LogP contribution in [0.15, 0.2) is 12.1 Å². The molecule has 0 atom stereocenters. The first-order chi connectivity index (χ1) is 5.27. The minimum atomic E-state index is 0.451. The lowest BCUT2D eigenvalue weighted by molar-refractivity contribution is 1.02. The Hall–Kier alpha value is -1.33. The first kappa shape index (κ1) is 7.77. The normalized spacial score (nSPS) is 9.18. The van der Waals surface area contributed by atoms with Gasteiger partial charge < -0.3 is 5.73 Å². The van der Waals surface area contributed by atoms with E-state index in [9.17, 15) is 0 Å². The second-order valence-corrected chi connectivity index (χ2v) is 2.31. The van der Waals surface area contributed by atoms with Gasteiger partial charge >= 0.3 is 0 Å². The van der Waals surface area contributed by atoms with E-state index in [0.717, 1.165) is 11.3 Å². The van der Waals surface area contributed by atoms with Gasteiger partial charge in [0.2, 0.25) is 0 Å². The molecule has 0 bridgehead atoms. The van der Waals surface area contributed by atoms with Crippen LogP contribution in [0.25, 0.3) is 0 Å². The second-order valence-electron chi connectivity index (χ2n) is 2.31. The minimum Gasteiger partial charge on any atom is -0.326 e. The summed E-state index contributed by atoms with van der Waals surface area (Å²) in [6, 6.07) is 3.82. The molecule has 0 unspecified atom stereocenters. The molecule has 1 aromatic rings. The van der Waals surface area contributed by atoms with Crippen molar-refractivity contribution >= 4 is 0 Å². The Bertz CT molecular complexity index is 297. The molecule has 2 N–H and O–H groups in total. The maximum absolute atomic E-state index is 5.44. The molecular weight excluding hydrogens is 136 g/mol. The molecule has 0 aliphatic heterocycles. The van der Waals surface area contributed by atoms with Crippen LogP contribution in [-0.2, 0) is 6.54 Å². The summed E-state index contributed by atoms with van der Waals surface area (Å²) in [6.07, 6.45) is 5.23. The van der Waals surface area contributed by atoms with Crippen LogP contribution in [0.1, 0.15) is 17.0 Å². The summed E-state index contributed by atoms with van der Waals surface area (Å²) >= 11 is 0. The Morgan fingerprint density at radius 2 is 2.36 bits per heavy atom. The van der Waals surface area contributed by atoms with E-state index in [1.165, 1.54) is 0 Å². The molecule has 2 heteroatoms. The summed E-state index contributed by atoms with van der Waals surface area (Å²) in [7, 11) is 0. The van der Waals surface area contributed by atoms with Crippen LogP contribution >= 0.6 is 0 Å². The lowest BCUT2D eigenvalue weighted by Crippen LogP contribution is -2.01. The van der Waals surface area contributed by atoms with Crippen LogP contribution in [0.4, 0.5) is 0 Å². The standard InChI is InChI=1S/C9H10N2/c1-3-9-8(6-10)5-4-7(2)11-9/h1,4-5H,6,10H2,2H3. The van der Waals surface area contributed by atoms with E-state index in [0.29, 0.717) is 12.2 Å². The third-order valence-electron chi connectivity index (χ3n) is 1.47. The average Bonchev–Trinajstić information content (AvgIpc) is 2.04. The van der Waals surface area contributed by atoms with Crippen LogP contribution < -0.4 is 5.73 Å². The molecule has 1 heterocycles. The molecule has 0 saturated carbocycles. The summed E-state index contributed by atoms with van der Waals surface area (Å²) in [4.78, 5) is 4.15. The second kappa shape index (κ2) is 3.18. The van der Waals surface area contributed by atoms with Gasteiger partial charge in [-0.2, -0.15) is 0 Å². The molecule has 0 amide bonds. The van der Waals surface area contributed by atoms with E-state index < -0.39 is 0 Å². The van der Waals surface area contributed by atoms with Crippen molar-refractivity contribution in [2.75, 3.05) is 0 Å². The number of terminal acetylenes is 1. The van der Waals surface area contributed by atoms with Gasteiger partial charge in [0.1, 0.15) is 5.69 Å². The molecule has 11 heavy (non-hydrogen) atoms. The SMILES string of the molecule is C#Cc1nc(C)ccc1CN. The van der Waals surface area contributed by atoms with E-state index in [2.05, 4.69) is 10.9 Å². The van der Waals surface area contributed by atoms with Gasteiger partial charge in [-0.15, -0.1) is 6.42 Å². The third kappa shape index (κ3) is 1.57. The van der Waals surface area contributed by atoms with E-state index in [1.54, 1.807) is 0 Å². The van der Waals surface area contributed by atoms with Crippen molar-refractivity contribution in [3.05, 3.63) is 29.1 Å². The van der Waals surface area contributed by atoms with E-state index >= 15 is 0 Å². The molecule has 0 aliphatic carbocycles. The van der Waals surface area contributed by atoms with Gasteiger partial charge in [-0.25, -0.2) is 4.98 Å². The van der Waals surface area contributed by atoms with Crippen molar-refractivity contribution in [2.24, 2.45) is 5.73 Å². The summed E-state index contributed by atoms with van der Waals surface area (Å²) in [6.45, 7) is 2.36. The Morgan fingerprint density at radius 1 is 1.64 bits per heavy atom. The molecule has 1 rings (SSSR count). The van der Waals surface area contributed by atoms with Crippen molar-refractivity contribution in [3.63, 3.8) is 0 Å². The molecule has 0 aliphatic rings. The fourth-order valence-electron chi connectivity index (χ4n) is 0.875. The Labute approximate surface area is 66.4 Å². The summed E-state index contributed by atoms with van der Waals surface area (Å²) < 4.78 is 0. The van der Waals surface area contributed by atoms with Crippen molar-refractivity contribution in [1.29, 1.82) is 0 Å². The van der Waals surface area contributed by atoms with Gasteiger partial charge in [0.15, 0.2) is 0 Å². The van der Waals surface area contributed by atoms with Crippen LogP contribution in [0.5, 0.6) is 0 Å². The monoisotopic (exact) mass is 146 g/mol. The van der Waals surface area contributed by atoms with Crippen LogP contribution in [0.3, 0.4) is 0 Å². The highest BCUT2D eigenvalue weighted by Gasteiger charge is 1.97. The molecule has 0 fully saturated rings. The highest BCUT2D eigenvalue weighted by atomic mass is 14.7. The number of hydrogen-bond acceptors (Lipinski definition) is 2. The number of rotatable bonds is 1. The third-order valence-corrected chi connectivity index (χ3v) is 1.47. The highest BCUT2D eigenvalue weighted by molar-refractivity contribution is 5.34. The lowest BCUT2D eigenvalue weighted by atomic mass is 10.2. The van der Waals surface area contributed by atoms with E-state index in [1.807, 2.05) is 19.1 Å². The smallest absolute Gasteiger partial charge is 0.117 e. The molecule has 2 nitrogen and oxygen atoms in total. The summed E-state index contributed by atoms with van der Waals surface area (Å²) in [5.41, 5.74) is 7.96. The zero-order valence-electron chi connectivity index (χ0n) is 6.46. The van der Waals surface area contributed by atoms with Crippen molar-refractivity contribution in [2.45, 2.75) is 13.5 Å². The quantitative estimate of drug-likeness (QED) is 0.596. The van der Waals surface area contributed by atoms with Crippen LogP contribution in [-0.4, -0.2) is 4.98 Å². The number of aromatic nitrogens is 1.